The zero-order chi connectivity index (χ0) is 20.8. The van der Waals surface area contributed by atoms with Crippen LogP contribution in [0.3, 0.4) is 0 Å². The molecule has 1 aromatic carbocycles. The standard InChI is InChI=1S/C21H29N5O3/c1-4-17-5-7-18(8-6-17)22-21(28)16(3)26-11-9-25(10-12-26)14-20(27)23-19-13-15(2)29-24-19/h5-8,13,16H,4,9-12,14H2,1-3H3,(H,22,28)(H,23,24,27). The Morgan fingerprint density at radius 3 is 2.41 bits per heavy atom. The van der Waals surface area contributed by atoms with E-state index in [-0.39, 0.29) is 17.9 Å². The van der Waals surface area contributed by atoms with E-state index in [1.807, 2.05) is 31.2 Å². The minimum absolute atomic E-state index is 0.0122. The number of piperazine rings is 1. The first-order chi connectivity index (χ1) is 13.9. The van der Waals surface area contributed by atoms with Crippen LogP contribution < -0.4 is 10.6 Å². The van der Waals surface area contributed by atoms with Gasteiger partial charge < -0.3 is 15.2 Å². The van der Waals surface area contributed by atoms with E-state index in [1.165, 1.54) is 5.56 Å². The zero-order valence-electron chi connectivity index (χ0n) is 17.3. The normalized spacial score (nSPS) is 16.4. The molecule has 3 rings (SSSR count). The summed E-state index contributed by atoms with van der Waals surface area (Å²) in [5.41, 5.74) is 2.06. The Labute approximate surface area is 171 Å². The van der Waals surface area contributed by atoms with E-state index in [9.17, 15) is 9.59 Å². The Morgan fingerprint density at radius 1 is 1.14 bits per heavy atom. The van der Waals surface area contributed by atoms with Crippen molar-refractivity contribution in [1.29, 1.82) is 0 Å². The lowest BCUT2D eigenvalue weighted by atomic mass is 10.1. The van der Waals surface area contributed by atoms with Gasteiger partial charge in [-0.3, -0.25) is 19.4 Å². The quantitative estimate of drug-likeness (QED) is 0.741. The second-order valence-corrected chi connectivity index (χ2v) is 7.40. The maximum absolute atomic E-state index is 12.6. The number of hydrogen-bond acceptors (Lipinski definition) is 6. The van der Waals surface area contributed by atoms with E-state index in [2.05, 4.69) is 32.5 Å². The van der Waals surface area contributed by atoms with Crippen molar-refractivity contribution >= 4 is 23.3 Å². The minimum Gasteiger partial charge on any atom is -0.360 e. The van der Waals surface area contributed by atoms with Crippen molar-refractivity contribution in [3.8, 4) is 0 Å². The maximum atomic E-state index is 12.6. The van der Waals surface area contributed by atoms with Gasteiger partial charge in [-0.2, -0.15) is 0 Å². The van der Waals surface area contributed by atoms with Gasteiger partial charge >= 0.3 is 0 Å². The number of aryl methyl sites for hydroxylation is 2. The number of hydrogen-bond donors (Lipinski definition) is 2. The van der Waals surface area contributed by atoms with Crippen LogP contribution in [0.1, 0.15) is 25.2 Å². The van der Waals surface area contributed by atoms with Gasteiger partial charge in [-0.1, -0.05) is 24.2 Å². The molecular weight excluding hydrogens is 370 g/mol. The minimum atomic E-state index is -0.227. The van der Waals surface area contributed by atoms with Crippen molar-refractivity contribution in [3.05, 3.63) is 41.7 Å². The lowest BCUT2D eigenvalue weighted by Gasteiger charge is -2.37. The molecule has 2 amide bonds. The SMILES string of the molecule is CCc1ccc(NC(=O)C(C)N2CCN(CC(=O)Nc3cc(C)on3)CC2)cc1. The van der Waals surface area contributed by atoms with Crippen molar-refractivity contribution in [3.63, 3.8) is 0 Å². The van der Waals surface area contributed by atoms with Gasteiger partial charge in [0.05, 0.1) is 12.6 Å². The molecule has 2 heterocycles. The Kier molecular flexibility index (Phi) is 7.00. The van der Waals surface area contributed by atoms with Crippen LogP contribution in [-0.4, -0.2) is 65.5 Å². The van der Waals surface area contributed by atoms with Gasteiger partial charge in [0.25, 0.3) is 0 Å². The number of nitrogens with zero attached hydrogens (tertiary/aromatic N) is 3. The van der Waals surface area contributed by atoms with Gasteiger partial charge in [0.15, 0.2) is 5.82 Å². The smallest absolute Gasteiger partial charge is 0.241 e. The first-order valence-electron chi connectivity index (χ1n) is 10.0. The summed E-state index contributed by atoms with van der Waals surface area (Å²) in [5.74, 6) is 0.959. The summed E-state index contributed by atoms with van der Waals surface area (Å²) in [6.07, 6.45) is 0.977. The Bertz CT molecular complexity index is 825. The molecule has 1 aliphatic heterocycles. The van der Waals surface area contributed by atoms with E-state index < -0.39 is 0 Å². The van der Waals surface area contributed by atoms with E-state index in [1.54, 1.807) is 13.0 Å². The highest BCUT2D eigenvalue weighted by Crippen LogP contribution is 2.13. The number of benzene rings is 1. The topological polar surface area (TPSA) is 90.7 Å². The highest BCUT2D eigenvalue weighted by molar-refractivity contribution is 5.94. The molecule has 0 spiro atoms. The highest BCUT2D eigenvalue weighted by atomic mass is 16.5. The van der Waals surface area contributed by atoms with Crippen LogP contribution in [0.15, 0.2) is 34.9 Å². The monoisotopic (exact) mass is 399 g/mol. The van der Waals surface area contributed by atoms with Crippen LogP contribution in [0.2, 0.25) is 0 Å². The lowest BCUT2D eigenvalue weighted by molar-refractivity contribution is -0.122. The molecule has 2 aromatic rings. The molecular formula is C21H29N5O3. The average Bonchev–Trinajstić information content (AvgIpc) is 3.13. The van der Waals surface area contributed by atoms with Gasteiger partial charge in [0, 0.05) is 37.9 Å². The molecule has 156 valence electrons. The number of anilines is 2. The van der Waals surface area contributed by atoms with Gasteiger partial charge in [0.2, 0.25) is 11.8 Å². The molecule has 8 nitrogen and oxygen atoms in total. The van der Waals surface area contributed by atoms with Gasteiger partial charge in [-0.05, 0) is 38.0 Å². The molecule has 1 atom stereocenters. The van der Waals surface area contributed by atoms with Gasteiger partial charge in [-0.15, -0.1) is 0 Å². The summed E-state index contributed by atoms with van der Waals surface area (Å²) in [7, 11) is 0. The number of nitrogens with one attached hydrogen (secondary N) is 2. The fraction of sp³-hybridized carbons (Fsp3) is 0.476. The predicted octanol–water partition coefficient (Wildman–Crippen LogP) is 2.13. The molecule has 29 heavy (non-hydrogen) atoms. The van der Waals surface area contributed by atoms with E-state index in [0.717, 1.165) is 38.3 Å². The second-order valence-electron chi connectivity index (χ2n) is 7.40. The molecule has 8 heteroatoms. The summed E-state index contributed by atoms with van der Waals surface area (Å²) in [5, 5.41) is 9.49. The first-order valence-corrected chi connectivity index (χ1v) is 10.0. The van der Waals surface area contributed by atoms with Gasteiger partial charge in [0.1, 0.15) is 5.76 Å². The Balaban J connectivity index is 1.42. The number of rotatable bonds is 7. The fourth-order valence-electron chi connectivity index (χ4n) is 3.36. The third-order valence-electron chi connectivity index (χ3n) is 5.23. The molecule has 1 saturated heterocycles. The van der Waals surface area contributed by atoms with Crippen molar-refractivity contribution in [2.24, 2.45) is 0 Å². The predicted molar refractivity (Wildman–Crippen MR) is 112 cm³/mol. The van der Waals surface area contributed by atoms with Crippen molar-refractivity contribution in [1.82, 2.24) is 15.0 Å². The van der Waals surface area contributed by atoms with Crippen molar-refractivity contribution in [2.45, 2.75) is 33.2 Å². The average molecular weight is 399 g/mol. The Morgan fingerprint density at radius 2 is 1.83 bits per heavy atom. The second kappa shape index (κ2) is 9.67. The molecule has 1 aliphatic rings. The summed E-state index contributed by atoms with van der Waals surface area (Å²) in [6, 6.07) is 9.41. The fourth-order valence-corrected chi connectivity index (χ4v) is 3.36. The lowest BCUT2D eigenvalue weighted by Crippen LogP contribution is -2.53. The van der Waals surface area contributed by atoms with Crippen LogP contribution >= 0.6 is 0 Å². The molecule has 2 N–H and O–H groups in total. The number of carbonyl (C=O) groups excluding carboxylic acids is 2. The van der Waals surface area contributed by atoms with E-state index in [4.69, 9.17) is 4.52 Å². The molecule has 0 aliphatic carbocycles. The number of carbonyl (C=O) groups is 2. The Hall–Kier alpha value is -2.71. The van der Waals surface area contributed by atoms with Crippen LogP contribution in [0, 0.1) is 6.92 Å². The van der Waals surface area contributed by atoms with Crippen molar-refractivity contribution < 1.29 is 14.1 Å². The third-order valence-corrected chi connectivity index (χ3v) is 5.23. The summed E-state index contributed by atoms with van der Waals surface area (Å²) in [6.45, 7) is 9.03. The van der Waals surface area contributed by atoms with Crippen LogP contribution in [0.25, 0.3) is 0 Å². The molecule has 0 bridgehead atoms. The molecule has 1 aromatic heterocycles. The van der Waals surface area contributed by atoms with E-state index >= 15 is 0 Å². The van der Waals surface area contributed by atoms with Gasteiger partial charge in [-0.25, -0.2) is 0 Å². The summed E-state index contributed by atoms with van der Waals surface area (Å²) >= 11 is 0. The maximum Gasteiger partial charge on any atom is 0.241 e. The van der Waals surface area contributed by atoms with E-state index in [0.29, 0.717) is 18.1 Å². The number of aromatic nitrogens is 1. The first kappa shape index (κ1) is 21.0. The molecule has 0 radical (unpaired) electrons. The number of amides is 2. The largest absolute Gasteiger partial charge is 0.360 e. The summed E-state index contributed by atoms with van der Waals surface area (Å²) in [4.78, 5) is 29.0. The molecule has 1 unspecified atom stereocenters. The van der Waals surface area contributed by atoms with Crippen LogP contribution in [0.5, 0.6) is 0 Å². The van der Waals surface area contributed by atoms with Crippen LogP contribution in [-0.2, 0) is 16.0 Å². The molecule has 1 fully saturated rings. The zero-order valence-corrected chi connectivity index (χ0v) is 17.3. The summed E-state index contributed by atoms with van der Waals surface area (Å²) < 4.78 is 4.95. The highest BCUT2D eigenvalue weighted by Gasteiger charge is 2.26. The third kappa shape index (κ3) is 5.88. The molecule has 0 saturated carbocycles. The van der Waals surface area contributed by atoms with Crippen LogP contribution in [0.4, 0.5) is 11.5 Å². The van der Waals surface area contributed by atoms with Crippen molar-refractivity contribution in [2.75, 3.05) is 43.4 Å².